The normalized spacial score (nSPS) is 24.7. The van der Waals surface area contributed by atoms with Gasteiger partial charge in [-0.25, -0.2) is 8.42 Å². The van der Waals surface area contributed by atoms with Crippen LogP contribution in [-0.4, -0.2) is 73.3 Å². The summed E-state index contributed by atoms with van der Waals surface area (Å²) in [5, 5.41) is 2.31. The average Bonchev–Trinajstić information content (AvgIpc) is 3.07. The molecule has 1 aromatic heterocycles. The summed E-state index contributed by atoms with van der Waals surface area (Å²) in [5.41, 5.74) is 1.05. The van der Waals surface area contributed by atoms with E-state index in [9.17, 15) is 13.2 Å². The number of hydrogen-bond donors (Lipinski definition) is 0. The zero-order valence-corrected chi connectivity index (χ0v) is 17.1. The first-order valence-electron chi connectivity index (χ1n) is 9.94. The number of sulfone groups is 1. The predicted octanol–water partition coefficient (Wildman–Crippen LogP) is 2.06. The van der Waals surface area contributed by atoms with Gasteiger partial charge in [0, 0.05) is 42.3 Å². The maximum atomic E-state index is 12.8. The van der Waals surface area contributed by atoms with Crippen molar-refractivity contribution in [2.24, 2.45) is 0 Å². The fourth-order valence-corrected chi connectivity index (χ4v) is 6.14. The lowest BCUT2D eigenvalue weighted by Crippen LogP contribution is -2.46. The number of aromatic nitrogens is 1. The topological polar surface area (TPSA) is 70.6 Å². The van der Waals surface area contributed by atoms with Crippen molar-refractivity contribution < 1.29 is 13.2 Å². The van der Waals surface area contributed by atoms with E-state index in [4.69, 9.17) is 0 Å². The van der Waals surface area contributed by atoms with Gasteiger partial charge in [-0.15, -0.1) is 0 Å². The molecule has 0 N–H and O–H groups in total. The Bertz CT molecular complexity index is 976. The zero-order valence-electron chi connectivity index (χ0n) is 16.3. The SMILES string of the molecule is CN(CC(=O)N1CCCC(c2cc3ccccc3cn2)C1)C1CCS(=O)(=O)C1. The van der Waals surface area contributed by atoms with E-state index >= 15 is 0 Å². The number of carbonyl (C=O) groups is 1. The third-order valence-corrected chi connectivity index (χ3v) is 7.81. The van der Waals surface area contributed by atoms with Crippen LogP contribution in [0.4, 0.5) is 0 Å². The van der Waals surface area contributed by atoms with Crippen LogP contribution in [0, 0.1) is 0 Å². The number of likely N-dealkylation sites (N-methyl/N-ethyl adjacent to an activating group) is 1. The molecule has 2 fully saturated rings. The molecule has 2 aromatic rings. The van der Waals surface area contributed by atoms with E-state index in [1.54, 1.807) is 0 Å². The van der Waals surface area contributed by atoms with Gasteiger partial charge in [0.05, 0.1) is 18.1 Å². The Balaban J connectivity index is 1.40. The highest BCUT2D eigenvalue weighted by Crippen LogP contribution is 2.28. The van der Waals surface area contributed by atoms with Crippen molar-refractivity contribution in [2.45, 2.75) is 31.2 Å². The van der Waals surface area contributed by atoms with Gasteiger partial charge in [-0.1, -0.05) is 24.3 Å². The van der Waals surface area contributed by atoms with Crippen LogP contribution in [0.15, 0.2) is 36.5 Å². The second-order valence-corrected chi connectivity index (χ2v) is 10.3. The lowest BCUT2D eigenvalue weighted by atomic mass is 9.93. The highest BCUT2D eigenvalue weighted by Gasteiger charge is 2.33. The van der Waals surface area contributed by atoms with Crippen molar-refractivity contribution in [3.63, 3.8) is 0 Å². The molecule has 1 aromatic carbocycles. The molecule has 2 atom stereocenters. The molecule has 0 saturated carbocycles. The van der Waals surface area contributed by atoms with E-state index in [-0.39, 0.29) is 35.9 Å². The van der Waals surface area contributed by atoms with Crippen LogP contribution in [0.5, 0.6) is 0 Å². The molecule has 2 saturated heterocycles. The van der Waals surface area contributed by atoms with Gasteiger partial charge in [-0.05, 0) is 37.8 Å². The maximum Gasteiger partial charge on any atom is 0.236 e. The molecule has 3 heterocycles. The number of fused-ring (bicyclic) bond motifs is 1. The Kier molecular flexibility index (Phi) is 5.38. The lowest BCUT2D eigenvalue weighted by molar-refractivity contribution is -0.133. The van der Waals surface area contributed by atoms with Gasteiger partial charge in [-0.2, -0.15) is 0 Å². The van der Waals surface area contributed by atoms with Crippen LogP contribution in [-0.2, 0) is 14.6 Å². The maximum absolute atomic E-state index is 12.8. The molecule has 2 unspecified atom stereocenters. The summed E-state index contributed by atoms with van der Waals surface area (Å²) in [5.74, 6) is 0.729. The van der Waals surface area contributed by atoms with Crippen LogP contribution in [0.3, 0.4) is 0 Å². The van der Waals surface area contributed by atoms with Gasteiger partial charge in [0.2, 0.25) is 5.91 Å². The molecule has 2 aliphatic heterocycles. The molecule has 0 bridgehead atoms. The van der Waals surface area contributed by atoms with Crippen LogP contribution >= 0.6 is 0 Å². The van der Waals surface area contributed by atoms with E-state index in [0.29, 0.717) is 13.0 Å². The fourth-order valence-electron chi connectivity index (χ4n) is 4.33. The molecular weight excluding hydrogens is 374 g/mol. The first kappa shape index (κ1) is 19.3. The molecule has 0 spiro atoms. The minimum atomic E-state index is -2.94. The quantitative estimate of drug-likeness (QED) is 0.784. The number of nitrogens with zero attached hydrogens (tertiary/aromatic N) is 3. The first-order chi connectivity index (χ1) is 13.4. The molecule has 2 aliphatic rings. The Labute approximate surface area is 166 Å². The number of piperidine rings is 1. The summed E-state index contributed by atoms with van der Waals surface area (Å²) in [6.45, 7) is 1.72. The molecular formula is C21H27N3O3S. The van der Waals surface area contributed by atoms with Crippen LogP contribution < -0.4 is 0 Å². The van der Waals surface area contributed by atoms with E-state index in [0.717, 1.165) is 30.5 Å². The van der Waals surface area contributed by atoms with Gasteiger partial charge in [0.1, 0.15) is 0 Å². The van der Waals surface area contributed by atoms with Crippen LogP contribution in [0.2, 0.25) is 0 Å². The first-order valence-corrected chi connectivity index (χ1v) is 11.8. The van der Waals surface area contributed by atoms with E-state index in [1.165, 1.54) is 5.39 Å². The summed E-state index contributed by atoms with van der Waals surface area (Å²) in [6.07, 6.45) is 4.54. The minimum Gasteiger partial charge on any atom is -0.341 e. The van der Waals surface area contributed by atoms with Crippen molar-refractivity contribution in [3.8, 4) is 0 Å². The molecule has 1 amide bonds. The average molecular weight is 402 g/mol. The Morgan fingerprint density at radius 3 is 2.79 bits per heavy atom. The Morgan fingerprint density at radius 2 is 2.04 bits per heavy atom. The van der Waals surface area contributed by atoms with Crippen LogP contribution in [0.1, 0.15) is 30.9 Å². The standard InChI is InChI=1S/C21H27N3O3S/c1-23(19-8-10-28(26,27)15-19)14-21(25)24-9-4-7-18(13-24)20-11-16-5-2-3-6-17(16)12-22-20/h2-3,5-6,11-12,18-19H,4,7-10,13-15H2,1H3. The predicted molar refractivity (Wildman–Crippen MR) is 110 cm³/mol. The summed E-state index contributed by atoms with van der Waals surface area (Å²) >= 11 is 0. The van der Waals surface area contributed by atoms with Gasteiger partial charge in [0.25, 0.3) is 0 Å². The van der Waals surface area contributed by atoms with Gasteiger partial charge >= 0.3 is 0 Å². The molecule has 0 aliphatic carbocycles. The minimum absolute atomic E-state index is 0.0447. The Morgan fingerprint density at radius 1 is 1.25 bits per heavy atom. The van der Waals surface area contributed by atoms with Crippen molar-refractivity contribution >= 4 is 26.5 Å². The van der Waals surface area contributed by atoms with Crippen molar-refractivity contribution in [1.29, 1.82) is 0 Å². The summed E-state index contributed by atoms with van der Waals surface area (Å²) in [4.78, 5) is 21.3. The number of carbonyl (C=O) groups excluding carboxylic acids is 1. The van der Waals surface area contributed by atoms with Crippen molar-refractivity contribution in [1.82, 2.24) is 14.8 Å². The number of pyridine rings is 1. The fraction of sp³-hybridized carbons (Fsp3) is 0.524. The largest absolute Gasteiger partial charge is 0.341 e. The second kappa shape index (κ2) is 7.79. The van der Waals surface area contributed by atoms with Gasteiger partial charge in [-0.3, -0.25) is 14.7 Å². The molecule has 7 heteroatoms. The molecule has 150 valence electrons. The van der Waals surface area contributed by atoms with Crippen molar-refractivity contribution in [3.05, 3.63) is 42.2 Å². The monoisotopic (exact) mass is 401 g/mol. The summed E-state index contributed by atoms with van der Waals surface area (Å²) in [6, 6.07) is 10.3. The zero-order chi connectivity index (χ0) is 19.7. The number of amides is 1. The number of likely N-dealkylation sites (tertiary alicyclic amines) is 1. The molecule has 4 rings (SSSR count). The summed E-state index contributed by atoms with van der Waals surface area (Å²) < 4.78 is 23.4. The number of rotatable bonds is 4. The highest BCUT2D eigenvalue weighted by atomic mass is 32.2. The van der Waals surface area contributed by atoms with E-state index < -0.39 is 9.84 Å². The second-order valence-electron chi connectivity index (χ2n) is 8.11. The Hall–Kier alpha value is -1.99. The molecule has 0 radical (unpaired) electrons. The van der Waals surface area contributed by atoms with E-state index in [1.807, 2.05) is 35.2 Å². The van der Waals surface area contributed by atoms with Crippen molar-refractivity contribution in [2.75, 3.05) is 38.2 Å². The highest BCUT2D eigenvalue weighted by molar-refractivity contribution is 7.91. The third-order valence-electron chi connectivity index (χ3n) is 6.06. The van der Waals surface area contributed by atoms with Gasteiger partial charge < -0.3 is 4.90 Å². The van der Waals surface area contributed by atoms with Gasteiger partial charge in [0.15, 0.2) is 9.84 Å². The lowest BCUT2D eigenvalue weighted by Gasteiger charge is -2.34. The smallest absolute Gasteiger partial charge is 0.236 e. The van der Waals surface area contributed by atoms with Crippen LogP contribution in [0.25, 0.3) is 10.8 Å². The molecule has 6 nitrogen and oxygen atoms in total. The number of hydrogen-bond acceptors (Lipinski definition) is 5. The molecule has 28 heavy (non-hydrogen) atoms. The number of benzene rings is 1. The third kappa shape index (κ3) is 4.20. The van der Waals surface area contributed by atoms with E-state index in [2.05, 4.69) is 23.2 Å². The summed E-state index contributed by atoms with van der Waals surface area (Å²) in [7, 11) is -1.08.